The van der Waals surface area contributed by atoms with E-state index in [1.165, 1.54) is 30.2 Å². The Morgan fingerprint density at radius 3 is 2.28 bits per heavy atom. The van der Waals surface area contributed by atoms with Gasteiger partial charge in [-0.2, -0.15) is 7.05 Å². The summed E-state index contributed by atoms with van der Waals surface area (Å²) in [5.41, 5.74) is 3.51. The first-order valence-corrected chi connectivity index (χ1v) is 10.9. The molecule has 0 saturated heterocycles. The molecule has 3 rings (SSSR count). The summed E-state index contributed by atoms with van der Waals surface area (Å²) in [6, 6.07) is 24.4. The van der Waals surface area contributed by atoms with Crippen molar-refractivity contribution < 1.29 is 24.5 Å². The minimum atomic E-state index is 0.353. The van der Waals surface area contributed by atoms with Crippen LogP contribution in [0.25, 0.3) is 16.4 Å². The molecule has 5 heteroatoms. The Morgan fingerprint density at radius 2 is 1.56 bits per heavy atom. The molecule has 1 unspecified atom stereocenters. The maximum absolute atomic E-state index is 10.2. The van der Waals surface area contributed by atoms with Crippen molar-refractivity contribution in [1.29, 1.82) is 0 Å². The summed E-state index contributed by atoms with van der Waals surface area (Å²) in [6.07, 6.45) is 0. The van der Waals surface area contributed by atoms with Crippen molar-refractivity contribution in [2.45, 2.75) is 6.54 Å². The van der Waals surface area contributed by atoms with E-state index in [1.807, 2.05) is 43.4 Å². The number of rotatable bonds is 5. The molecule has 2 nitrogen and oxygen atoms in total. The Balaban J connectivity index is 0.00000109. The van der Waals surface area contributed by atoms with Crippen molar-refractivity contribution >= 4 is 28.5 Å². The van der Waals surface area contributed by atoms with E-state index in [1.54, 1.807) is 6.07 Å². The summed E-state index contributed by atoms with van der Waals surface area (Å²) < 4.78 is 0. The van der Waals surface area contributed by atoms with E-state index in [4.69, 9.17) is 0 Å². The van der Waals surface area contributed by atoms with Crippen molar-refractivity contribution in [3.8, 4) is 16.9 Å². The molecule has 0 spiro atoms. The Bertz CT molecular complexity index is 799. The summed E-state index contributed by atoms with van der Waals surface area (Å²) >= 11 is 1.47. The quantitative estimate of drug-likeness (QED) is 0.478. The topological polar surface area (TPSA) is 34.3 Å². The zero-order chi connectivity index (χ0) is 18.1. The molecular weight excluding hydrogens is 385 g/mol. The van der Waals surface area contributed by atoms with Crippen LogP contribution in [0, 0.1) is 0 Å². The first kappa shape index (κ1) is 20.2. The second-order valence-corrected chi connectivity index (χ2v) is 6.68. The first-order chi connectivity index (χ1) is 12.3. The second-order valence-electron chi connectivity index (χ2n) is 5.35. The van der Waals surface area contributed by atoms with Crippen LogP contribution in [-0.4, -0.2) is 12.2 Å². The van der Waals surface area contributed by atoms with E-state index in [9.17, 15) is 5.11 Å². The third-order valence-electron chi connectivity index (χ3n) is 3.72. The Kier molecular flexibility index (Phi) is 8.68. The number of phenols is 1. The number of nitrogens with zero attached hydrogens (tertiary/aromatic N) is 1. The predicted octanol–water partition coefficient (Wildman–Crippen LogP) is 4.88. The molecule has 126 valence electrons. The van der Waals surface area contributed by atoms with Gasteiger partial charge in [-0.05, 0) is 28.6 Å². The van der Waals surface area contributed by atoms with E-state index < -0.39 is 0 Å². The van der Waals surface area contributed by atoms with E-state index in [-0.39, 0.29) is 0 Å². The van der Waals surface area contributed by atoms with Crippen molar-refractivity contribution in [1.82, 2.24) is 0 Å². The number of benzene rings is 3. The Morgan fingerprint density at radius 1 is 0.880 bits per heavy atom. The standard InChI is InChI=1S/C20H19NOP.ClH.Ti/c1-21-14-17-9-5-6-10-19(17)23-20-13-16(11-12-18(20)22)15-7-3-2-4-8-15;;/h2-13,22-23H,14H2,1H3;1H;/q-1;;+2/p-1. The van der Waals surface area contributed by atoms with Gasteiger partial charge in [-0.1, -0.05) is 74.8 Å². The van der Waals surface area contributed by atoms with Crippen molar-refractivity contribution in [3.63, 3.8) is 0 Å². The molecule has 0 aromatic heterocycles. The molecule has 3 aromatic rings. The van der Waals surface area contributed by atoms with E-state index in [0.717, 1.165) is 16.4 Å². The molecule has 0 amide bonds. The van der Waals surface area contributed by atoms with Crippen LogP contribution in [0.3, 0.4) is 0 Å². The molecule has 0 heterocycles. The molecule has 0 fully saturated rings. The van der Waals surface area contributed by atoms with Gasteiger partial charge in [-0.3, -0.25) is 0 Å². The number of hydrogen-bond acceptors (Lipinski definition) is 1. The normalized spacial score (nSPS) is 10.4. The number of phenolic OH excluding ortho intramolecular Hbond substituents is 1. The second kappa shape index (κ2) is 10.8. The fourth-order valence-corrected chi connectivity index (χ4v) is 3.77. The fourth-order valence-electron chi connectivity index (χ4n) is 2.54. The van der Waals surface area contributed by atoms with E-state index in [2.05, 4.69) is 45.0 Å². The van der Waals surface area contributed by atoms with Crippen LogP contribution in [0.5, 0.6) is 5.75 Å². The molecule has 1 N–H and O–H groups in total. The molecule has 0 radical (unpaired) electrons. The average molecular weight is 404 g/mol. The van der Waals surface area contributed by atoms with Crippen LogP contribution in [0.1, 0.15) is 5.56 Å². The van der Waals surface area contributed by atoms with Crippen molar-refractivity contribution in [2.24, 2.45) is 0 Å². The number of halogens is 1. The van der Waals surface area contributed by atoms with Crippen LogP contribution in [0.2, 0.25) is 0 Å². The molecule has 3 aromatic carbocycles. The first-order valence-electron chi connectivity index (χ1n) is 7.76. The van der Waals surface area contributed by atoms with Crippen molar-refractivity contribution in [2.75, 3.05) is 7.05 Å². The van der Waals surface area contributed by atoms with Gasteiger partial charge in [0.05, 0.1) is 0 Å². The fraction of sp³-hybridized carbons (Fsp3) is 0.100. The Labute approximate surface area is 166 Å². The van der Waals surface area contributed by atoms with Crippen LogP contribution in [0.4, 0.5) is 0 Å². The summed E-state index contributed by atoms with van der Waals surface area (Å²) in [7, 11) is 6.88. The van der Waals surface area contributed by atoms with Crippen LogP contribution in [0.15, 0.2) is 72.8 Å². The maximum atomic E-state index is 10.2. The summed E-state index contributed by atoms with van der Waals surface area (Å²) in [5, 5.41) is 16.7. The van der Waals surface area contributed by atoms with E-state index >= 15 is 0 Å². The zero-order valence-corrected chi connectivity index (χ0v) is 17.2. The SMILES string of the molecule is C[N-]Cc1ccccc1Pc1cc(-c2ccccc2)ccc1O.[Cl][Ti+]. The van der Waals surface area contributed by atoms with Gasteiger partial charge in [0.25, 0.3) is 0 Å². The number of hydrogen-bond donors (Lipinski definition) is 1. The van der Waals surface area contributed by atoms with Crippen LogP contribution < -0.4 is 10.6 Å². The third kappa shape index (κ3) is 5.67. The molecule has 0 bridgehead atoms. The third-order valence-corrected chi connectivity index (χ3v) is 5.15. The van der Waals surface area contributed by atoms with Gasteiger partial charge >= 0.3 is 28.7 Å². The average Bonchev–Trinajstić information content (AvgIpc) is 2.67. The van der Waals surface area contributed by atoms with Gasteiger partial charge in [-0.25, -0.2) is 0 Å². The predicted molar refractivity (Wildman–Crippen MR) is 106 cm³/mol. The molecule has 1 atom stereocenters. The van der Waals surface area contributed by atoms with Gasteiger partial charge in [0.1, 0.15) is 5.75 Å². The van der Waals surface area contributed by atoms with Gasteiger partial charge in [0.2, 0.25) is 0 Å². The van der Waals surface area contributed by atoms with Gasteiger partial charge in [0.15, 0.2) is 0 Å². The van der Waals surface area contributed by atoms with Crippen LogP contribution >= 0.6 is 17.9 Å². The molecule has 0 saturated carbocycles. The molecule has 0 aliphatic heterocycles. The minimum absolute atomic E-state index is 0.353. The summed E-state index contributed by atoms with van der Waals surface area (Å²) in [6.45, 7) is 0.711. The van der Waals surface area contributed by atoms with Gasteiger partial charge in [-0.15, -0.1) is 6.54 Å². The molecule has 0 aliphatic rings. The van der Waals surface area contributed by atoms with Gasteiger partial charge in [0, 0.05) is 5.30 Å². The molecule has 0 aliphatic carbocycles. The van der Waals surface area contributed by atoms with E-state index in [0.29, 0.717) is 20.9 Å². The van der Waals surface area contributed by atoms with Gasteiger partial charge < -0.3 is 10.4 Å². The monoisotopic (exact) mass is 403 g/mol. The zero-order valence-electron chi connectivity index (χ0n) is 13.9. The molecular formula is C20H19ClNOPTi. The summed E-state index contributed by atoms with van der Waals surface area (Å²) in [4.78, 5) is 0. The van der Waals surface area contributed by atoms with Crippen LogP contribution in [-0.2, 0) is 25.9 Å². The van der Waals surface area contributed by atoms with Crippen molar-refractivity contribution in [3.05, 3.63) is 83.7 Å². The summed E-state index contributed by atoms with van der Waals surface area (Å²) in [5.74, 6) is 0.353. The Hall–Kier alpha value is -1.15. The number of aromatic hydroxyl groups is 1. The molecule has 25 heavy (non-hydrogen) atoms.